The number of anilines is 2. The minimum absolute atomic E-state index is 0.0756. The molecule has 0 saturated heterocycles. The Morgan fingerprint density at radius 3 is 2.76 bits per heavy atom. The van der Waals surface area contributed by atoms with Crippen LogP contribution in [0.2, 0.25) is 5.02 Å². The van der Waals surface area contributed by atoms with Crippen LogP contribution in [0.25, 0.3) is 0 Å². The van der Waals surface area contributed by atoms with Gasteiger partial charge in [-0.1, -0.05) is 17.7 Å². The summed E-state index contributed by atoms with van der Waals surface area (Å²) in [7, 11) is -3.80. The number of fused-ring (bicyclic) bond motifs is 1. The van der Waals surface area contributed by atoms with Crippen LogP contribution in [0.5, 0.6) is 5.75 Å². The first-order chi connectivity index (χ1) is 13.6. The van der Waals surface area contributed by atoms with Gasteiger partial charge < -0.3 is 15.4 Å². The minimum Gasteiger partial charge on any atom is -0.482 e. The summed E-state index contributed by atoms with van der Waals surface area (Å²) in [6, 6.07) is 8.08. The zero-order valence-electron chi connectivity index (χ0n) is 16.2. The van der Waals surface area contributed by atoms with Gasteiger partial charge in [0.25, 0.3) is 5.91 Å². The lowest BCUT2D eigenvalue weighted by molar-refractivity contribution is -0.118. The van der Waals surface area contributed by atoms with Crippen molar-refractivity contribution in [1.82, 2.24) is 0 Å². The topological polar surface area (TPSA) is 102 Å². The number of aryl methyl sites for hydroxylation is 1. The van der Waals surface area contributed by atoms with Crippen molar-refractivity contribution in [3.05, 3.63) is 46.5 Å². The molecule has 0 aliphatic carbocycles. The molecule has 2 aromatic carbocycles. The molecule has 9 heteroatoms. The van der Waals surface area contributed by atoms with E-state index in [-0.39, 0.29) is 23.8 Å². The molecule has 0 aromatic heterocycles. The van der Waals surface area contributed by atoms with Gasteiger partial charge in [-0.25, -0.2) is 8.42 Å². The average molecular weight is 437 g/mol. The normalized spacial score (nSPS) is 14.4. The summed E-state index contributed by atoms with van der Waals surface area (Å²) >= 11 is 6.05. The van der Waals surface area contributed by atoms with Crippen LogP contribution in [-0.4, -0.2) is 32.1 Å². The van der Waals surface area contributed by atoms with E-state index in [0.29, 0.717) is 33.3 Å². The standard InChI is InChI=1S/C20H21ClN2O5S/c1-11-7-16-17(28-10-20(25)23-16)9-18(11)29(26,27)12(2)8-19(24)22-15-6-4-5-14(21)13(15)3/h4-7,9,12H,8,10H2,1-3H3,(H,22,24)(H,23,25)/t12-/m1/s1. The van der Waals surface area contributed by atoms with E-state index in [1.54, 1.807) is 38.1 Å². The third kappa shape index (κ3) is 4.38. The Balaban J connectivity index is 1.79. The Kier molecular flexibility index (Phi) is 5.86. The molecule has 0 saturated carbocycles. The van der Waals surface area contributed by atoms with Crippen molar-refractivity contribution in [3.63, 3.8) is 0 Å². The minimum atomic E-state index is -3.80. The molecular formula is C20H21ClN2O5S. The molecule has 1 aliphatic heterocycles. The maximum absolute atomic E-state index is 13.1. The van der Waals surface area contributed by atoms with Crippen LogP contribution < -0.4 is 15.4 Å². The van der Waals surface area contributed by atoms with E-state index < -0.39 is 21.0 Å². The van der Waals surface area contributed by atoms with Crippen LogP contribution in [0.4, 0.5) is 11.4 Å². The zero-order chi connectivity index (χ0) is 21.3. The number of halogens is 1. The van der Waals surface area contributed by atoms with E-state index in [2.05, 4.69) is 10.6 Å². The van der Waals surface area contributed by atoms with E-state index in [9.17, 15) is 18.0 Å². The van der Waals surface area contributed by atoms with Gasteiger partial charge in [-0.05, 0) is 50.1 Å². The first-order valence-electron chi connectivity index (χ1n) is 8.95. The predicted octanol–water partition coefficient (Wildman–Crippen LogP) is 3.48. The third-order valence-corrected chi connectivity index (χ3v) is 7.45. The highest BCUT2D eigenvalue weighted by Gasteiger charge is 2.29. The van der Waals surface area contributed by atoms with Crippen LogP contribution >= 0.6 is 11.6 Å². The summed E-state index contributed by atoms with van der Waals surface area (Å²) in [5.74, 6) is -0.431. The van der Waals surface area contributed by atoms with Crippen LogP contribution in [0.3, 0.4) is 0 Å². The monoisotopic (exact) mass is 436 g/mol. The molecule has 1 aliphatic rings. The van der Waals surface area contributed by atoms with E-state index in [0.717, 1.165) is 0 Å². The summed E-state index contributed by atoms with van der Waals surface area (Å²) in [5, 5.41) is 4.91. The molecule has 29 heavy (non-hydrogen) atoms. The van der Waals surface area contributed by atoms with E-state index in [1.807, 2.05) is 0 Å². The maximum Gasteiger partial charge on any atom is 0.262 e. The van der Waals surface area contributed by atoms with Crippen molar-refractivity contribution in [1.29, 1.82) is 0 Å². The Morgan fingerprint density at radius 1 is 1.31 bits per heavy atom. The van der Waals surface area contributed by atoms with Gasteiger partial charge in [-0.2, -0.15) is 0 Å². The molecule has 1 heterocycles. The number of ether oxygens (including phenoxy) is 1. The first kappa shape index (κ1) is 21.1. The molecule has 0 bridgehead atoms. The SMILES string of the molecule is Cc1cc2c(cc1S(=O)(=O)[C@H](C)CC(=O)Nc1cccc(Cl)c1C)OCC(=O)N2. The number of rotatable bonds is 5. The van der Waals surface area contributed by atoms with E-state index in [1.165, 1.54) is 13.0 Å². The number of carbonyl (C=O) groups is 2. The second-order valence-corrected chi connectivity index (χ2v) is 9.71. The van der Waals surface area contributed by atoms with E-state index in [4.69, 9.17) is 16.3 Å². The molecule has 1 atom stereocenters. The highest BCUT2D eigenvalue weighted by atomic mass is 35.5. The quantitative estimate of drug-likeness (QED) is 0.747. The first-order valence-corrected chi connectivity index (χ1v) is 10.9. The second kappa shape index (κ2) is 8.04. The molecule has 2 aromatic rings. The maximum atomic E-state index is 13.1. The molecule has 0 radical (unpaired) electrons. The summed E-state index contributed by atoms with van der Waals surface area (Å²) in [4.78, 5) is 23.9. The van der Waals surface area contributed by atoms with Gasteiger partial charge in [0.1, 0.15) is 5.75 Å². The van der Waals surface area contributed by atoms with Crippen molar-refractivity contribution in [3.8, 4) is 5.75 Å². The van der Waals surface area contributed by atoms with Crippen LogP contribution in [-0.2, 0) is 19.4 Å². The summed E-state index contributed by atoms with van der Waals surface area (Å²) in [6.07, 6.45) is -0.220. The highest BCUT2D eigenvalue weighted by Crippen LogP contribution is 2.34. The van der Waals surface area contributed by atoms with Crippen molar-refractivity contribution >= 4 is 44.6 Å². The number of benzene rings is 2. The van der Waals surface area contributed by atoms with Gasteiger partial charge in [-0.15, -0.1) is 0 Å². The molecule has 2 amide bonds. The van der Waals surface area contributed by atoms with Gasteiger partial charge in [0.2, 0.25) is 5.91 Å². The molecular weight excluding hydrogens is 416 g/mol. The fraction of sp³-hybridized carbons (Fsp3) is 0.300. The number of carbonyl (C=O) groups excluding carboxylic acids is 2. The van der Waals surface area contributed by atoms with Gasteiger partial charge in [0.15, 0.2) is 16.4 Å². The molecule has 7 nitrogen and oxygen atoms in total. The van der Waals surface area contributed by atoms with Crippen molar-refractivity contribution < 1.29 is 22.7 Å². The van der Waals surface area contributed by atoms with Gasteiger partial charge in [-0.3, -0.25) is 9.59 Å². The van der Waals surface area contributed by atoms with Crippen molar-refractivity contribution in [2.45, 2.75) is 37.3 Å². The summed E-state index contributed by atoms with van der Waals surface area (Å²) in [5.41, 5.74) is 2.15. The van der Waals surface area contributed by atoms with Crippen LogP contribution in [0.15, 0.2) is 35.2 Å². The van der Waals surface area contributed by atoms with E-state index >= 15 is 0 Å². The number of hydrogen-bond acceptors (Lipinski definition) is 5. The van der Waals surface area contributed by atoms with Crippen LogP contribution in [0.1, 0.15) is 24.5 Å². The fourth-order valence-corrected chi connectivity index (χ4v) is 4.81. The molecule has 0 unspecified atom stereocenters. The molecule has 2 N–H and O–H groups in total. The van der Waals surface area contributed by atoms with Crippen molar-refractivity contribution in [2.24, 2.45) is 0 Å². The molecule has 154 valence electrons. The Morgan fingerprint density at radius 2 is 2.03 bits per heavy atom. The lowest BCUT2D eigenvalue weighted by Crippen LogP contribution is -2.27. The average Bonchev–Trinajstić information content (AvgIpc) is 2.64. The Labute approximate surface area is 174 Å². The van der Waals surface area contributed by atoms with Crippen LogP contribution in [0, 0.1) is 13.8 Å². The summed E-state index contributed by atoms with van der Waals surface area (Å²) < 4.78 is 31.5. The third-order valence-electron chi connectivity index (χ3n) is 4.76. The Bertz CT molecular complexity index is 1100. The highest BCUT2D eigenvalue weighted by molar-refractivity contribution is 7.92. The number of nitrogens with one attached hydrogen (secondary N) is 2. The Hall–Kier alpha value is -2.58. The fourth-order valence-electron chi connectivity index (χ4n) is 3.05. The van der Waals surface area contributed by atoms with Gasteiger partial charge in [0, 0.05) is 23.2 Å². The zero-order valence-corrected chi connectivity index (χ0v) is 17.8. The second-order valence-electron chi connectivity index (χ2n) is 6.97. The van der Waals surface area contributed by atoms with Gasteiger partial charge in [0.05, 0.1) is 15.8 Å². The number of sulfone groups is 1. The lowest BCUT2D eigenvalue weighted by Gasteiger charge is -2.21. The largest absolute Gasteiger partial charge is 0.482 e. The lowest BCUT2D eigenvalue weighted by atomic mass is 10.2. The van der Waals surface area contributed by atoms with Crippen molar-refractivity contribution in [2.75, 3.05) is 17.2 Å². The predicted molar refractivity (Wildman–Crippen MR) is 111 cm³/mol. The summed E-state index contributed by atoms with van der Waals surface area (Å²) in [6.45, 7) is 4.72. The number of amides is 2. The van der Waals surface area contributed by atoms with Gasteiger partial charge >= 0.3 is 0 Å². The molecule has 3 rings (SSSR count). The number of hydrogen-bond donors (Lipinski definition) is 2. The smallest absolute Gasteiger partial charge is 0.262 e. The molecule has 0 fully saturated rings. The molecule has 0 spiro atoms.